The van der Waals surface area contributed by atoms with Gasteiger partial charge in [-0.2, -0.15) is 0 Å². The molecule has 0 aromatic rings. The fourth-order valence-electron chi connectivity index (χ4n) is 2.35. The molecule has 0 amide bonds. The Labute approximate surface area is 92.4 Å². The van der Waals surface area contributed by atoms with Crippen molar-refractivity contribution in [2.24, 2.45) is 10.8 Å². The Morgan fingerprint density at radius 2 is 2.13 bits per heavy atom. The topological polar surface area (TPSA) is 37.3 Å². The van der Waals surface area contributed by atoms with Crippen LogP contribution >= 0.6 is 0 Å². The average Bonchev–Trinajstić information content (AvgIpc) is 2.10. The number of carbonyl (C=O) groups is 1. The van der Waals surface area contributed by atoms with Crippen molar-refractivity contribution >= 4 is 5.78 Å². The lowest BCUT2D eigenvalue weighted by Gasteiger charge is -2.44. The molecule has 1 fully saturated rings. The van der Waals surface area contributed by atoms with Gasteiger partial charge in [-0.1, -0.05) is 26.8 Å². The summed E-state index contributed by atoms with van der Waals surface area (Å²) in [4.78, 5) is 12.1. The van der Waals surface area contributed by atoms with E-state index in [9.17, 15) is 9.90 Å². The summed E-state index contributed by atoms with van der Waals surface area (Å²) in [5.74, 6) is 0.202. The third-order valence-electron chi connectivity index (χ3n) is 3.63. The van der Waals surface area contributed by atoms with Crippen LogP contribution < -0.4 is 0 Å². The van der Waals surface area contributed by atoms with Gasteiger partial charge in [0.25, 0.3) is 0 Å². The SMILES string of the molecule is C=CCC[C@]1(C)C(=O)CC(C)(C)C[C@@H]1O. The number of ketones is 1. The molecule has 1 N–H and O–H groups in total. The van der Waals surface area contributed by atoms with Crippen molar-refractivity contribution in [3.05, 3.63) is 12.7 Å². The minimum absolute atomic E-state index is 0.0514. The first-order valence-corrected chi connectivity index (χ1v) is 5.64. The van der Waals surface area contributed by atoms with E-state index in [4.69, 9.17) is 0 Å². The standard InChI is InChI=1S/C13H22O2/c1-5-6-7-13(4)10(14)8-12(2,3)9-11(13)15/h5,10,14H,1,6-9H2,2-4H3/t10-,13-/m0/s1. The van der Waals surface area contributed by atoms with Crippen LogP contribution in [0.1, 0.15) is 46.5 Å². The number of hydrogen-bond donors (Lipinski definition) is 1. The second kappa shape index (κ2) is 4.09. The summed E-state index contributed by atoms with van der Waals surface area (Å²) in [5, 5.41) is 10.1. The van der Waals surface area contributed by atoms with Gasteiger partial charge in [0.05, 0.1) is 11.5 Å². The highest BCUT2D eigenvalue weighted by atomic mass is 16.3. The fraction of sp³-hybridized carbons (Fsp3) is 0.769. The van der Waals surface area contributed by atoms with E-state index in [-0.39, 0.29) is 11.2 Å². The van der Waals surface area contributed by atoms with Gasteiger partial charge in [0.1, 0.15) is 5.78 Å². The molecule has 0 aromatic carbocycles. The number of aliphatic hydroxyl groups is 1. The van der Waals surface area contributed by atoms with Crippen LogP contribution in [0.5, 0.6) is 0 Å². The van der Waals surface area contributed by atoms with Crippen molar-refractivity contribution in [1.82, 2.24) is 0 Å². The zero-order valence-corrected chi connectivity index (χ0v) is 10.0. The van der Waals surface area contributed by atoms with Gasteiger partial charge >= 0.3 is 0 Å². The summed E-state index contributed by atoms with van der Waals surface area (Å²) < 4.78 is 0. The minimum Gasteiger partial charge on any atom is -0.392 e. The van der Waals surface area contributed by atoms with Crippen LogP contribution in [0.2, 0.25) is 0 Å². The van der Waals surface area contributed by atoms with Crippen molar-refractivity contribution in [2.75, 3.05) is 0 Å². The van der Waals surface area contributed by atoms with E-state index >= 15 is 0 Å². The quantitative estimate of drug-likeness (QED) is 0.727. The molecule has 0 unspecified atom stereocenters. The van der Waals surface area contributed by atoms with Gasteiger partial charge in [0, 0.05) is 6.42 Å². The molecule has 1 aliphatic rings. The smallest absolute Gasteiger partial charge is 0.141 e. The van der Waals surface area contributed by atoms with Crippen molar-refractivity contribution in [3.8, 4) is 0 Å². The third-order valence-corrected chi connectivity index (χ3v) is 3.63. The van der Waals surface area contributed by atoms with E-state index in [2.05, 4.69) is 6.58 Å². The molecule has 2 heteroatoms. The first-order valence-electron chi connectivity index (χ1n) is 5.64. The van der Waals surface area contributed by atoms with Crippen molar-refractivity contribution < 1.29 is 9.90 Å². The van der Waals surface area contributed by atoms with E-state index in [1.165, 1.54) is 0 Å². The molecular formula is C13H22O2. The molecular weight excluding hydrogens is 188 g/mol. The molecule has 0 radical (unpaired) electrons. The van der Waals surface area contributed by atoms with E-state index in [1.54, 1.807) is 0 Å². The summed E-state index contributed by atoms with van der Waals surface area (Å²) in [6.07, 6.45) is 4.11. The summed E-state index contributed by atoms with van der Waals surface area (Å²) in [5.41, 5.74) is -0.603. The average molecular weight is 210 g/mol. The summed E-state index contributed by atoms with van der Waals surface area (Å²) >= 11 is 0. The number of aliphatic hydroxyl groups excluding tert-OH is 1. The van der Waals surface area contributed by atoms with Gasteiger partial charge in [0.15, 0.2) is 0 Å². The second-order valence-electron chi connectivity index (χ2n) is 5.73. The van der Waals surface area contributed by atoms with Crippen LogP contribution in [0.15, 0.2) is 12.7 Å². The minimum atomic E-state index is -0.552. The maximum atomic E-state index is 12.1. The number of hydrogen-bond acceptors (Lipinski definition) is 2. The maximum absolute atomic E-state index is 12.1. The Balaban J connectivity index is 2.81. The molecule has 1 saturated carbocycles. The molecule has 0 aromatic heterocycles. The molecule has 0 saturated heterocycles. The lowest BCUT2D eigenvalue weighted by atomic mass is 9.62. The summed E-state index contributed by atoms with van der Waals surface area (Å²) in [6, 6.07) is 0. The van der Waals surface area contributed by atoms with Crippen LogP contribution in [-0.4, -0.2) is 17.0 Å². The lowest BCUT2D eigenvalue weighted by molar-refractivity contribution is -0.145. The van der Waals surface area contributed by atoms with Gasteiger partial charge in [-0.15, -0.1) is 6.58 Å². The van der Waals surface area contributed by atoms with Gasteiger partial charge in [-0.05, 0) is 24.7 Å². The van der Waals surface area contributed by atoms with E-state index in [0.717, 1.165) is 6.42 Å². The first kappa shape index (κ1) is 12.4. The Hall–Kier alpha value is -0.630. The van der Waals surface area contributed by atoms with Crippen molar-refractivity contribution in [3.63, 3.8) is 0 Å². The van der Waals surface area contributed by atoms with Crippen LogP contribution in [-0.2, 0) is 4.79 Å². The molecule has 86 valence electrons. The molecule has 15 heavy (non-hydrogen) atoms. The highest BCUT2D eigenvalue weighted by Crippen LogP contribution is 2.44. The van der Waals surface area contributed by atoms with Crippen LogP contribution in [0.3, 0.4) is 0 Å². The van der Waals surface area contributed by atoms with Gasteiger partial charge in [0.2, 0.25) is 0 Å². The molecule has 0 bridgehead atoms. The van der Waals surface area contributed by atoms with E-state index < -0.39 is 11.5 Å². The summed E-state index contributed by atoms with van der Waals surface area (Å²) in [7, 11) is 0. The van der Waals surface area contributed by atoms with Gasteiger partial charge < -0.3 is 5.11 Å². The number of Topliss-reactive ketones (excluding diaryl/α,β-unsaturated/α-hetero) is 1. The number of carbonyl (C=O) groups excluding carboxylic acids is 1. The lowest BCUT2D eigenvalue weighted by Crippen LogP contribution is -2.48. The summed E-state index contributed by atoms with van der Waals surface area (Å²) in [6.45, 7) is 9.64. The second-order valence-corrected chi connectivity index (χ2v) is 5.73. The van der Waals surface area contributed by atoms with Crippen molar-refractivity contribution in [1.29, 1.82) is 0 Å². The zero-order valence-electron chi connectivity index (χ0n) is 10.0. The van der Waals surface area contributed by atoms with Gasteiger partial charge in [-0.25, -0.2) is 0 Å². The first-order chi connectivity index (χ1) is 6.82. The molecule has 0 spiro atoms. The molecule has 0 heterocycles. The Morgan fingerprint density at radius 1 is 1.53 bits per heavy atom. The van der Waals surface area contributed by atoms with E-state index in [1.807, 2.05) is 26.8 Å². The van der Waals surface area contributed by atoms with Crippen molar-refractivity contribution in [2.45, 2.75) is 52.6 Å². The fourth-order valence-corrected chi connectivity index (χ4v) is 2.35. The predicted octanol–water partition coefficient (Wildman–Crippen LogP) is 2.71. The molecule has 2 nitrogen and oxygen atoms in total. The maximum Gasteiger partial charge on any atom is 0.141 e. The highest BCUT2D eigenvalue weighted by Gasteiger charge is 2.47. The Morgan fingerprint density at radius 3 is 2.60 bits per heavy atom. The van der Waals surface area contributed by atoms with Crippen LogP contribution in [0.25, 0.3) is 0 Å². The zero-order chi connectivity index (χ0) is 11.7. The Bertz CT molecular complexity index is 268. The monoisotopic (exact) mass is 210 g/mol. The molecule has 1 aliphatic carbocycles. The Kier molecular flexibility index (Phi) is 3.39. The number of allylic oxidation sites excluding steroid dienone is 1. The molecule has 1 rings (SSSR count). The highest BCUT2D eigenvalue weighted by molar-refractivity contribution is 5.86. The van der Waals surface area contributed by atoms with Gasteiger partial charge in [-0.3, -0.25) is 4.79 Å². The molecule has 0 aliphatic heterocycles. The molecule has 2 atom stereocenters. The predicted molar refractivity (Wildman–Crippen MR) is 61.6 cm³/mol. The normalized spacial score (nSPS) is 35.2. The van der Waals surface area contributed by atoms with Crippen LogP contribution in [0.4, 0.5) is 0 Å². The van der Waals surface area contributed by atoms with E-state index in [0.29, 0.717) is 19.3 Å². The number of rotatable bonds is 3. The third kappa shape index (κ3) is 2.49. The largest absolute Gasteiger partial charge is 0.392 e. The van der Waals surface area contributed by atoms with Crippen LogP contribution in [0, 0.1) is 10.8 Å².